The van der Waals surface area contributed by atoms with E-state index in [1.165, 1.54) is 6.20 Å². The van der Waals surface area contributed by atoms with Gasteiger partial charge in [-0.15, -0.1) is 0 Å². The van der Waals surface area contributed by atoms with Crippen LogP contribution in [-0.2, 0) is 0 Å². The third-order valence-corrected chi connectivity index (χ3v) is 5.27. The summed E-state index contributed by atoms with van der Waals surface area (Å²) in [5, 5.41) is 6.21. The van der Waals surface area contributed by atoms with Crippen LogP contribution in [0.25, 0.3) is 0 Å². The summed E-state index contributed by atoms with van der Waals surface area (Å²) in [4.78, 5) is 17.1. The molecular weight excluding hydrogens is 450 g/mol. The molecule has 2 N–H and O–H groups in total. The molecular formula is C30H23N3O3. The van der Waals surface area contributed by atoms with Crippen LogP contribution in [0.1, 0.15) is 10.4 Å². The van der Waals surface area contributed by atoms with Crippen molar-refractivity contribution in [2.75, 3.05) is 10.6 Å². The number of amides is 1. The Bertz CT molecular complexity index is 1420. The van der Waals surface area contributed by atoms with Crippen molar-refractivity contribution >= 4 is 23.0 Å². The number of hydrogen-bond donors (Lipinski definition) is 2. The van der Waals surface area contributed by atoms with Crippen molar-refractivity contribution in [1.29, 1.82) is 0 Å². The van der Waals surface area contributed by atoms with E-state index in [9.17, 15) is 4.79 Å². The predicted molar refractivity (Wildman–Crippen MR) is 141 cm³/mol. The van der Waals surface area contributed by atoms with Crippen LogP contribution in [0, 0.1) is 0 Å². The molecule has 0 saturated carbocycles. The van der Waals surface area contributed by atoms with Crippen LogP contribution in [0.4, 0.5) is 17.1 Å². The van der Waals surface area contributed by atoms with Gasteiger partial charge in [0.2, 0.25) is 0 Å². The monoisotopic (exact) mass is 473 g/mol. The molecule has 0 saturated heterocycles. The molecule has 5 rings (SSSR count). The van der Waals surface area contributed by atoms with Gasteiger partial charge >= 0.3 is 0 Å². The van der Waals surface area contributed by atoms with Crippen molar-refractivity contribution in [2.24, 2.45) is 0 Å². The lowest BCUT2D eigenvalue weighted by atomic mass is 10.2. The predicted octanol–water partition coefficient (Wildman–Crippen LogP) is 7.66. The van der Waals surface area contributed by atoms with Crippen LogP contribution in [0.5, 0.6) is 23.0 Å². The number of anilines is 3. The number of ether oxygens (including phenoxy) is 2. The van der Waals surface area contributed by atoms with Gasteiger partial charge in [0.15, 0.2) is 0 Å². The Morgan fingerprint density at radius 3 is 1.64 bits per heavy atom. The van der Waals surface area contributed by atoms with Crippen LogP contribution < -0.4 is 20.1 Å². The molecule has 0 radical (unpaired) electrons. The van der Waals surface area contributed by atoms with Crippen molar-refractivity contribution in [3.8, 4) is 23.0 Å². The minimum Gasteiger partial charge on any atom is -0.457 e. The van der Waals surface area contributed by atoms with Crippen molar-refractivity contribution in [1.82, 2.24) is 4.98 Å². The second-order valence-corrected chi connectivity index (χ2v) is 7.88. The summed E-state index contributed by atoms with van der Waals surface area (Å²) in [5.74, 6) is 2.65. The molecule has 0 atom stereocenters. The number of nitrogens with one attached hydrogen (secondary N) is 2. The van der Waals surface area contributed by atoms with Crippen molar-refractivity contribution < 1.29 is 14.3 Å². The lowest BCUT2D eigenvalue weighted by Gasteiger charge is -2.13. The van der Waals surface area contributed by atoms with Crippen LogP contribution in [0.3, 0.4) is 0 Å². The number of benzene rings is 4. The largest absolute Gasteiger partial charge is 0.457 e. The summed E-state index contributed by atoms with van der Waals surface area (Å²) in [6.07, 6.45) is 3.18. The fourth-order valence-electron chi connectivity index (χ4n) is 3.50. The van der Waals surface area contributed by atoms with E-state index in [1.54, 1.807) is 24.4 Å². The fourth-order valence-corrected chi connectivity index (χ4v) is 3.50. The maximum atomic E-state index is 13.0. The van der Waals surface area contributed by atoms with Crippen LogP contribution in [-0.4, -0.2) is 10.9 Å². The van der Waals surface area contributed by atoms with Crippen molar-refractivity contribution in [3.05, 3.63) is 133 Å². The minimum atomic E-state index is -0.272. The highest BCUT2D eigenvalue weighted by atomic mass is 16.5. The summed E-state index contributed by atoms with van der Waals surface area (Å²) < 4.78 is 11.7. The number of carbonyl (C=O) groups is 1. The number of para-hydroxylation sites is 2. The molecule has 0 aliphatic heterocycles. The highest BCUT2D eigenvalue weighted by Crippen LogP contribution is 2.27. The molecule has 4 aromatic carbocycles. The average Bonchev–Trinajstić information content (AvgIpc) is 2.92. The zero-order chi connectivity index (χ0) is 24.6. The minimum absolute atomic E-state index is 0.272. The molecule has 6 nitrogen and oxygen atoms in total. The number of hydrogen-bond acceptors (Lipinski definition) is 5. The van der Waals surface area contributed by atoms with Crippen LogP contribution >= 0.6 is 0 Å². The molecule has 0 fully saturated rings. The second kappa shape index (κ2) is 10.9. The van der Waals surface area contributed by atoms with E-state index in [1.807, 2.05) is 97.1 Å². The Morgan fingerprint density at radius 1 is 0.583 bits per heavy atom. The smallest absolute Gasteiger partial charge is 0.259 e. The van der Waals surface area contributed by atoms with Gasteiger partial charge in [0.1, 0.15) is 23.0 Å². The van der Waals surface area contributed by atoms with Crippen molar-refractivity contribution in [3.63, 3.8) is 0 Å². The van der Waals surface area contributed by atoms with Gasteiger partial charge in [0.05, 0.1) is 11.3 Å². The van der Waals surface area contributed by atoms with Crippen LogP contribution in [0.2, 0.25) is 0 Å². The number of rotatable bonds is 8. The molecule has 5 aromatic rings. The first kappa shape index (κ1) is 22.7. The molecule has 6 heteroatoms. The van der Waals surface area contributed by atoms with Gasteiger partial charge in [-0.2, -0.15) is 0 Å². The van der Waals surface area contributed by atoms with E-state index in [-0.39, 0.29) is 5.91 Å². The van der Waals surface area contributed by atoms with E-state index >= 15 is 0 Å². The third kappa shape index (κ3) is 5.87. The molecule has 0 bridgehead atoms. The van der Waals surface area contributed by atoms with Crippen molar-refractivity contribution in [2.45, 2.75) is 0 Å². The molecule has 0 unspecified atom stereocenters. The van der Waals surface area contributed by atoms with Crippen LogP contribution in [0.15, 0.2) is 128 Å². The number of aromatic nitrogens is 1. The Kier molecular flexibility index (Phi) is 6.86. The zero-order valence-corrected chi connectivity index (χ0v) is 19.3. The summed E-state index contributed by atoms with van der Waals surface area (Å²) >= 11 is 0. The lowest BCUT2D eigenvalue weighted by Crippen LogP contribution is -2.14. The Labute approximate surface area is 209 Å². The summed E-state index contributed by atoms with van der Waals surface area (Å²) in [7, 11) is 0. The molecule has 1 heterocycles. The number of nitrogens with zero attached hydrogens (tertiary/aromatic N) is 1. The first-order valence-corrected chi connectivity index (χ1v) is 11.4. The van der Waals surface area contributed by atoms with Gasteiger partial charge < -0.3 is 20.1 Å². The van der Waals surface area contributed by atoms with Gasteiger partial charge in [-0.1, -0.05) is 36.4 Å². The highest BCUT2D eigenvalue weighted by Gasteiger charge is 2.13. The molecule has 0 aliphatic carbocycles. The Morgan fingerprint density at radius 2 is 1.08 bits per heavy atom. The molecule has 176 valence electrons. The third-order valence-electron chi connectivity index (χ3n) is 5.27. The quantitative estimate of drug-likeness (QED) is 0.242. The molecule has 36 heavy (non-hydrogen) atoms. The van der Waals surface area contributed by atoms with E-state index in [0.29, 0.717) is 22.7 Å². The Balaban J connectivity index is 1.24. The maximum absolute atomic E-state index is 13.0. The van der Waals surface area contributed by atoms with E-state index in [2.05, 4.69) is 15.6 Å². The summed E-state index contributed by atoms with van der Waals surface area (Å²) in [6, 6.07) is 35.6. The Hall–Kier alpha value is -5.10. The highest BCUT2D eigenvalue weighted by molar-refractivity contribution is 6.08. The number of carbonyl (C=O) groups excluding carboxylic acids is 1. The summed E-state index contributed by atoms with van der Waals surface area (Å²) in [5.41, 5.74) is 2.53. The maximum Gasteiger partial charge on any atom is 0.259 e. The number of pyridine rings is 1. The molecule has 1 aromatic heterocycles. The first-order chi connectivity index (χ1) is 17.7. The van der Waals surface area contributed by atoms with E-state index < -0.39 is 0 Å². The van der Waals surface area contributed by atoms with Gasteiger partial charge in [0, 0.05) is 23.8 Å². The fraction of sp³-hybridized carbons (Fsp3) is 0. The van der Waals surface area contributed by atoms with Gasteiger partial charge in [-0.05, 0) is 78.9 Å². The zero-order valence-electron chi connectivity index (χ0n) is 19.3. The standard InChI is InChI=1S/C30H23N3O3/c34-30(33-23-13-17-27(18-14-23)36-25-9-5-2-6-10-25)28-21-31-20-19-29(28)32-22-11-15-26(16-12-22)35-24-7-3-1-4-8-24/h1-21H,(H,31,32)(H,33,34). The summed E-state index contributed by atoms with van der Waals surface area (Å²) in [6.45, 7) is 0. The lowest BCUT2D eigenvalue weighted by molar-refractivity contribution is 0.102. The average molecular weight is 474 g/mol. The van der Waals surface area contributed by atoms with Gasteiger partial charge in [-0.3, -0.25) is 9.78 Å². The second-order valence-electron chi connectivity index (χ2n) is 7.88. The van der Waals surface area contributed by atoms with E-state index in [0.717, 1.165) is 22.9 Å². The SMILES string of the molecule is O=C(Nc1ccc(Oc2ccccc2)cc1)c1cnccc1Nc1ccc(Oc2ccccc2)cc1. The first-order valence-electron chi connectivity index (χ1n) is 11.4. The molecule has 0 aliphatic rings. The molecule has 0 spiro atoms. The topological polar surface area (TPSA) is 72.5 Å². The molecule has 1 amide bonds. The van der Waals surface area contributed by atoms with Gasteiger partial charge in [0.25, 0.3) is 5.91 Å². The van der Waals surface area contributed by atoms with Gasteiger partial charge in [-0.25, -0.2) is 0 Å². The van der Waals surface area contributed by atoms with E-state index in [4.69, 9.17) is 9.47 Å². The normalized spacial score (nSPS) is 10.3.